The molecule has 4 rings (SSSR count). The summed E-state index contributed by atoms with van der Waals surface area (Å²) in [4.78, 5) is 11.6. The fraction of sp³-hybridized carbons (Fsp3) is 0.960. The van der Waals surface area contributed by atoms with Crippen LogP contribution in [-0.4, -0.2) is 33.0 Å². The monoisotopic (exact) mass is 406 g/mol. The zero-order chi connectivity index (χ0) is 21.2. The van der Waals surface area contributed by atoms with E-state index in [0.29, 0.717) is 42.4 Å². The number of fused-ring (bicyclic) bond motifs is 5. The molecule has 0 heterocycles. The summed E-state index contributed by atoms with van der Waals surface area (Å²) in [7, 11) is 0. The molecule has 166 valence electrons. The van der Waals surface area contributed by atoms with Gasteiger partial charge in [0.1, 0.15) is 0 Å². The average Bonchev–Trinajstić information content (AvgIpc) is 3.02. The van der Waals surface area contributed by atoms with E-state index < -0.39 is 11.6 Å². The van der Waals surface area contributed by atoms with E-state index in [4.69, 9.17) is 0 Å². The summed E-state index contributed by atoms with van der Waals surface area (Å²) < 4.78 is 0. The molecule has 4 heteroatoms. The normalized spacial score (nSPS) is 52.9. The molecule has 4 nitrogen and oxygen atoms in total. The lowest BCUT2D eigenvalue weighted by molar-refractivity contribution is -0.196. The molecule has 0 bridgehead atoms. The molecule has 0 aromatic heterocycles. The number of carbonyl (C=O) groups is 1. The maximum Gasteiger partial charge on any atom is 0.335 e. The predicted molar refractivity (Wildman–Crippen MR) is 113 cm³/mol. The first kappa shape index (κ1) is 21.6. The van der Waals surface area contributed by atoms with Gasteiger partial charge in [-0.1, -0.05) is 40.5 Å². The van der Waals surface area contributed by atoms with E-state index in [1.807, 2.05) is 0 Å². The summed E-state index contributed by atoms with van der Waals surface area (Å²) in [6.45, 7) is 9.40. The van der Waals surface area contributed by atoms with Crippen LogP contribution in [0.4, 0.5) is 0 Å². The van der Waals surface area contributed by atoms with Gasteiger partial charge in [-0.25, -0.2) is 4.79 Å². The van der Waals surface area contributed by atoms with Crippen molar-refractivity contribution >= 4 is 5.97 Å². The molecule has 0 radical (unpaired) electrons. The molecular weight excluding hydrogens is 364 g/mol. The molecule has 0 aromatic carbocycles. The number of rotatable bonds is 4. The van der Waals surface area contributed by atoms with E-state index in [0.717, 1.165) is 25.7 Å². The van der Waals surface area contributed by atoms with Crippen LogP contribution in [0.25, 0.3) is 0 Å². The first-order valence-electron chi connectivity index (χ1n) is 12.2. The number of aliphatic hydroxyl groups excluding tert-OH is 1. The molecule has 10 atom stereocenters. The SMILES string of the molecule is CCC[C@@H](C)[C@H]1CC[C@H]2[C@@H]3CC[C@@H]4C[C@@](O)(C(=O)O)CC[C@]4(C)[C@H]3C[C@H](O)[C@]12C. The molecule has 0 aliphatic heterocycles. The van der Waals surface area contributed by atoms with Gasteiger partial charge >= 0.3 is 5.97 Å². The summed E-state index contributed by atoms with van der Waals surface area (Å²) in [6, 6.07) is 0. The van der Waals surface area contributed by atoms with Gasteiger partial charge in [0.05, 0.1) is 6.10 Å². The molecule has 0 saturated heterocycles. The van der Waals surface area contributed by atoms with Gasteiger partial charge in [0, 0.05) is 0 Å². The Morgan fingerprint density at radius 3 is 2.48 bits per heavy atom. The molecule has 4 fully saturated rings. The highest BCUT2D eigenvalue weighted by molar-refractivity contribution is 5.77. The van der Waals surface area contributed by atoms with Crippen molar-refractivity contribution in [1.82, 2.24) is 0 Å². The third-order valence-electron chi connectivity index (χ3n) is 10.7. The average molecular weight is 407 g/mol. The first-order valence-corrected chi connectivity index (χ1v) is 12.2. The number of hydrogen-bond acceptors (Lipinski definition) is 3. The van der Waals surface area contributed by atoms with Crippen molar-refractivity contribution in [2.24, 2.45) is 46.3 Å². The standard InChI is InChI=1S/C25H42O4/c1-5-6-15(2)18-9-10-19-17-8-7-16-14-25(29,22(27)28)12-11-23(16,3)20(17)13-21(26)24(18,19)4/h15-21,26,29H,5-14H2,1-4H3,(H,27,28)/t15-,16-,17+,18-,19+,20+,21+,23+,24-,25-/m1/s1. The third kappa shape index (κ3) is 3.03. The lowest BCUT2D eigenvalue weighted by Crippen LogP contribution is -2.60. The van der Waals surface area contributed by atoms with Crippen LogP contribution >= 0.6 is 0 Å². The number of hydrogen-bond donors (Lipinski definition) is 3. The molecule has 4 saturated carbocycles. The van der Waals surface area contributed by atoms with Gasteiger partial charge in [0.25, 0.3) is 0 Å². The molecule has 29 heavy (non-hydrogen) atoms. The van der Waals surface area contributed by atoms with Crippen LogP contribution < -0.4 is 0 Å². The summed E-state index contributed by atoms with van der Waals surface area (Å²) in [6.07, 6.45) is 9.26. The first-order chi connectivity index (χ1) is 13.6. The topological polar surface area (TPSA) is 77.8 Å². The van der Waals surface area contributed by atoms with Gasteiger partial charge in [-0.2, -0.15) is 0 Å². The molecular formula is C25H42O4. The largest absolute Gasteiger partial charge is 0.479 e. The Bertz CT molecular complexity index is 649. The van der Waals surface area contributed by atoms with Crippen molar-refractivity contribution in [3.05, 3.63) is 0 Å². The minimum atomic E-state index is -1.55. The summed E-state index contributed by atoms with van der Waals surface area (Å²) in [5, 5.41) is 31.7. The smallest absolute Gasteiger partial charge is 0.335 e. The van der Waals surface area contributed by atoms with E-state index in [2.05, 4.69) is 27.7 Å². The summed E-state index contributed by atoms with van der Waals surface area (Å²) in [5.41, 5.74) is -1.46. The molecule has 0 amide bonds. The van der Waals surface area contributed by atoms with Gasteiger partial charge in [-0.05, 0) is 97.7 Å². The summed E-state index contributed by atoms with van der Waals surface area (Å²) >= 11 is 0. The Hall–Kier alpha value is -0.610. The van der Waals surface area contributed by atoms with Crippen molar-refractivity contribution in [1.29, 1.82) is 0 Å². The zero-order valence-electron chi connectivity index (χ0n) is 18.9. The van der Waals surface area contributed by atoms with Crippen LogP contribution in [0.1, 0.15) is 91.9 Å². The Morgan fingerprint density at radius 1 is 1.10 bits per heavy atom. The van der Waals surface area contributed by atoms with Crippen LogP contribution in [0.2, 0.25) is 0 Å². The van der Waals surface area contributed by atoms with E-state index in [9.17, 15) is 20.1 Å². The van der Waals surface area contributed by atoms with Gasteiger partial charge in [0.15, 0.2) is 5.60 Å². The second kappa shape index (κ2) is 7.22. The quantitative estimate of drug-likeness (QED) is 0.622. The van der Waals surface area contributed by atoms with Gasteiger partial charge in [-0.3, -0.25) is 0 Å². The van der Waals surface area contributed by atoms with Crippen molar-refractivity contribution in [3.8, 4) is 0 Å². The highest BCUT2D eigenvalue weighted by Crippen LogP contribution is 2.68. The van der Waals surface area contributed by atoms with Gasteiger partial charge in [-0.15, -0.1) is 0 Å². The maximum atomic E-state index is 11.6. The molecule has 4 aliphatic rings. The lowest BCUT2D eigenvalue weighted by Gasteiger charge is -2.63. The van der Waals surface area contributed by atoms with Crippen LogP contribution in [0, 0.1) is 46.3 Å². The highest BCUT2D eigenvalue weighted by Gasteiger charge is 2.64. The van der Waals surface area contributed by atoms with E-state index >= 15 is 0 Å². The molecule has 0 spiro atoms. The Morgan fingerprint density at radius 2 is 1.83 bits per heavy atom. The van der Waals surface area contributed by atoms with Crippen LogP contribution in [0.5, 0.6) is 0 Å². The fourth-order valence-electron chi connectivity index (χ4n) is 9.02. The second-order valence-electron chi connectivity index (χ2n) is 11.8. The van der Waals surface area contributed by atoms with E-state index in [1.165, 1.54) is 25.7 Å². The number of carboxylic acids is 1. The Labute approximate surface area is 176 Å². The molecule has 3 N–H and O–H groups in total. The zero-order valence-corrected chi connectivity index (χ0v) is 18.9. The Kier molecular flexibility index (Phi) is 5.38. The van der Waals surface area contributed by atoms with Crippen LogP contribution in [0.3, 0.4) is 0 Å². The van der Waals surface area contributed by atoms with Gasteiger partial charge in [0.2, 0.25) is 0 Å². The fourth-order valence-corrected chi connectivity index (χ4v) is 9.02. The number of aliphatic hydroxyl groups is 2. The third-order valence-corrected chi connectivity index (χ3v) is 10.7. The minimum absolute atomic E-state index is 0.0371. The Balaban J connectivity index is 1.60. The van der Waals surface area contributed by atoms with Crippen LogP contribution in [0.15, 0.2) is 0 Å². The van der Waals surface area contributed by atoms with Crippen LogP contribution in [-0.2, 0) is 4.79 Å². The predicted octanol–water partition coefficient (Wildman–Crippen LogP) is 4.87. The van der Waals surface area contributed by atoms with E-state index in [1.54, 1.807) is 0 Å². The molecule has 0 unspecified atom stereocenters. The summed E-state index contributed by atoms with van der Waals surface area (Å²) in [5.74, 6) is 2.21. The van der Waals surface area contributed by atoms with Gasteiger partial charge < -0.3 is 15.3 Å². The highest BCUT2D eigenvalue weighted by atomic mass is 16.4. The minimum Gasteiger partial charge on any atom is -0.479 e. The van der Waals surface area contributed by atoms with Crippen molar-refractivity contribution < 1.29 is 20.1 Å². The lowest BCUT2D eigenvalue weighted by atomic mass is 9.43. The van der Waals surface area contributed by atoms with Crippen molar-refractivity contribution in [2.45, 2.75) is 104 Å². The number of aliphatic carboxylic acids is 1. The molecule has 0 aromatic rings. The molecule has 4 aliphatic carbocycles. The van der Waals surface area contributed by atoms with Crippen molar-refractivity contribution in [2.75, 3.05) is 0 Å². The maximum absolute atomic E-state index is 11.6. The van der Waals surface area contributed by atoms with E-state index in [-0.39, 0.29) is 22.9 Å². The van der Waals surface area contributed by atoms with Crippen molar-refractivity contribution in [3.63, 3.8) is 0 Å². The number of carboxylic acid groups (broad SMARTS) is 1. The second-order valence-corrected chi connectivity index (χ2v) is 11.8.